The topological polar surface area (TPSA) is 87.5 Å². The van der Waals surface area contributed by atoms with Gasteiger partial charge in [-0.3, -0.25) is 4.79 Å². The molecule has 0 unspecified atom stereocenters. The van der Waals surface area contributed by atoms with E-state index in [-0.39, 0.29) is 11.9 Å². The molecule has 1 amide bonds. The Morgan fingerprint density at radius 2 is 1.85 bits per heavy atom. The molecule has 0 fully saturated rings. The van der Waals surface area contributed by atoms with E-state index in [9.17, 15) is 4.79 Å². The van der Waals surface area contributed by atoms with Crippen LogP contribution in [0.15, 0.2) is 66.0 Å². The van der Waals surface area contributed by atoms with Crippen LogP contribution >= 0.6 is 11.3 Å². The van der Waals surface area contributed by atoms with Crippen molar-refractivity contribution in [3.05, 3.63) is 70.9 Å². The molecule has 0 radical (unpaired) electrons. The van der Waals surface area contributed by atoms with E-state index in [0.29, 0.717) is 36.2 Å². The minimum atomic E-state index is -0.137. The molecule has 33 heavy (non-hydrogen) atoms. The maximum Gasteiger partial charge on any atom is 0.336 e. The number of nitrogens with one attached hydrogen (secondary N) is 1. The maximum atomic E-state index is 12.3. The highest BCUT2D eigenvalue weighted by molar-refractivity contribution is 7.12. The molecule has 8 nitrogen and oxygen atoms in total. The van der Waals surface area contributed by atoms with E-state index >= 15 is 0 Å². The summed E-state index contributed by atoms with van der Waals surface area (Å²) in [6.07, 6.45) is 0. The van der Waals surface area contributed by atoms with Crippen molar-refractivity contribution >= 4 is 22.9 Å². The first-order valence-corrected chi connectivity index (χ1v) is 11.3. The predicted octanol–water partition coefficient (Wildman–Crippen LogP) is 4.67. The smallest absolute Gasteiger partial charge is 0.336 e. The molecule has 2 heterocycles. The van der Waals surface area contributed by atoms with E-state index in [0.717, 1.165) is 17.0 Å². The summed E-state index contributed by atoms with van der Waals surface area (Å²) in [7, 11) is 1.63. The lowest BCUT2D eigenvalue weighted by atomic mass is 10.2. The van der Waals surface area contributed by atoms with Gasteiger partial charge in [-0.15, -0.1) is 16.4 Å². The average molecular weight is 465 g/mol. The molecule has 4 rings (SSSR count). The lowest BCUT2D eigenvalue weighted by Crippen LogP contribution is -2.10. The van der Waals surface area contributed by atoms with Gasteiger partial charge in [0.1, 0.15) is 12.4 Å². The minimum absolute atomic E-state index is 0.137. The number of ether oxygens (including phenoxy) is 3. The van der Waals surface area contributed by atoms with E-state index in [1.165, 1.54) is 11.3 Å². The molecule has 2 aromatic heterocycles. The number of thiophene rings is 1. The van der Waals surface area contributed by atoms with Gasteiger partial charge in [-0.05, 0) is 66.9 Å². The van der Waals surface area contributed by atoms with Gasteiger partial charge < -0.3 is 19.5 Å². The first-order valence-electron chi connectivity index (χ1n) is 10.4. The number of anilines is 1. The molecule has 0 spiro atoms. The van der Waals surface area contributed by atoms with Crippen molar-refractivity contribution in [3.63, 3.8) is 0 Å². The van der Waals surface area contributed by atoms with Crippen LogP contribution in [-0.2, 0) is 4.74 Å². The SMILES string of the molecule is CCOCCOc1nc(-c2ccc(OC)cc2)n(-c2ccc(NC(=O)c3cccs3)cc2)n1. The van der Waals surface area contributed by atoms with Crippen molar-refractivity contribution in [3.8, 4) is 28.8 Å². The van der Waals surface area contributed by atoms with Gasteiger partial charge in [-0.1, -0.05) is 6.07 Å². The second-order valence-corrected chi connectivity index (χ2v) is 7.83. The van der Waals surface area contributed by atoms with Gasteiger partial charge >= 0.3 is 6.01 Å². The quantitative estimate of drug-likeness (QED) is 0.343. The van der Waals surface area contributed by atoms with E-state index < -0.39 is 0 Å². The molecule has 2 aromatic carbocycles. The second kappa shape index (κ2) is 10.8. The van der Waals surface area contributed by atoms with Gasteiger partial charge in [-0.2, -0.15) is 4.98 Å². The van der Waals surface area contributed by atoms with Crippen molar-refractivity contribution in [2.24, 2.45) is 0 Å². The lowest BCUT2D eigenvalue weighted by molar-refractivity contribution is 0.103. The molecule has 0 atom stereocenters. The Morgan fingerprint density at radius 3 is 2.52 bits per heavy atom. The Labute approximate surface area is 195 Å². The van der Waals surface area contributed by atoms with Gasteiger partial charge in [0.25, 0.3) is 5.91 Å². The van der Waals surface area contributed by atoms with Crippen molar-refractivity contribution in [2.75, 3.05) is 32.2 Å². The van der Waals surface area contributed by atoms with Crippen LogP contribution in [0.25, 0.3) is 17.1 Å². The fraction of sp³-hybridized carbons (Fsp3) is 0.208. The first kappa shape index (κ1) is 22.5. The molecular formula is C24H24N4O4S. The van der Waals surface area contributed by atoms with E-state index in [4.69, 9.17) is 14.2 Å². The van der Waals surface area contributed by atoms with Crippen LogP contribution in [0.5, 0.6) is 11.8 Å². The van der Waals surface area contributed by atoms with Crippen molar-refractivity contribution < 1.29 is 19.0 Å². The van der Waals surface area contributed by atoms with E-state index in [1.807, 2.05) is 66.9 Å². The summed E-state index contributed by atoms with van der Waals surface area (Å²) in [6.45, 7) is 3.37. The van der Waals surface area contributed by atoms with Crippen LogP contribution in [-0.4, -0.2) is 47.6 Å². The third-order valence-electron chi connectivity index (χ3n) is 4.71. The van der Waals surface area contributed by atoms with Crippen LogP contribution in [0.3, 0.4) is 0 Å². The van der Waals surface area contributed by atoms with E-state index in [1.54, 1.807) is 17.9 Å². The zero-order chi connectivity index (χ0) is 23.0. The normalized spacial score (nSPS) is 10.7. The number of hydrogen-bond donors (Lipinski definition) is 1. The van der Waals surface area contributed by atoms with Crippen LogP contribution in [0.4, 0.5) is 5.69 Å². The molecule has 1 N–H and O–H groups in total. The number of methoxy groups -OCH3 is 1. The number of rotatable bonds is 10. The fourth-order valence-electron chi connectivity index (χ4n) is 3.08. The van der Waals surface area contributed by atoms with Crippen LogP contribution in [0, 0.1) is 0 Å². The summed E-state index contributed by atoms with van der Waals surface area (Å²) >= 11 is 1.40. The average Bonchev–Trinajstić information content (AvgIpc) is 3.53. The standard InChI is InChI=1S/C24H24N4O4S/c1-3-31-14-15-32-24-26-22(17-6-12-20(30-2)13-7-17)28(27-24)19-10-8-18(9-11-19)25-23(29)21-5-4-16-33-21/h4-13,16H,3,14-15H2,1-2H3,(H,25,29). The Hall–Kier alpha value is -3.69. The molecule has 9 heteroatoms. The summed E-state index contributed by atoms with van der Waals surface area (Å²) in [6, 6.07) is 18.9. The molecule has 0 aliphatic carbocycles. The molecule has 0 aliphatic rings. The molecule has 170 valence electrons. The third-order valence-corrected chi connectivity index (χ3v) is 5.58. The molecule has 4 aromatic rings. The largest absolute Gasteiger partial charge is 0.497 e. The number of carbonyl (C=O) groups excluding carboxylic acids is 1. The van der Waals surface area contributed by atoms with Gasteiger partial charge in [0, 0.05) is 17.9 Å². The number of hydrogen-bond acceptors (Lipinski definition) is 7. The van der Waals surface area contributed by atoms with Crippen LogP contribution < -0.4 is 14.8 Å². The van der Waals surface area contributed by atoms with Crippen LogP contribution in [0.1, 0.15) is 16.6 Å². The predicted molar refractivity (Wildman–Crippen MR) is 128 cm³/mol. The fourth-order valence-corrected chi connectivity index (χ4v) is 3.70. The van der Waals surface area contributed by atoms with Gasteiger partial charge in [-0.25, -0.2) is 4.68 Å². The summed E-state index contributed by atoms with van der Waals surface area (Å²) in [4.78, 5) is 17.5. The number of amides is 1. The second-order valence-electron chi connectivity index (χ2n) is 6.88. The molecule has 0 saturated carbocycles. The van der Waals surface area contributed by atoms with Crippen molar-refractivity contribution in [1.29, 1.82) is 0 Å². The zero-order valence-electron chi connectivity index (χ0n) is 18.4. The molecule has 0 aliphatic heterocycles. The van der Waals surface area contributed by atoms with Gasteiger partial charge in [0.15, 0.2) is 5.82 Å². The highest BCUT2D eigenvalue weighted by Crippen LogP contribution is 2.26. The Bertz CT molecular complexity index is 1170. The van der Waals surface area contributed by atoms with Gasteiger partial charge in [0.2, 0.25) is 0 Å². The highest BCUT2D eigenvalue weighted by atomic mass is 32.1. The Kier molecular flexibility index (Phi) is 7.33. The molecular weight excluding hydrogens is 440 g/mol. The Balaban J connectivity index is 1.58. The minimum Gasteiger partial charge on any atom is -0.497 e. The molecule has 0 saturated heterocycles. The third kappa shape index (κ3) is 5.57. The Morgan fingerprint density at radius 1 is 1.06 bits per heavy atom. The summed E-state index contributed by atoms with van der Waals surface area (Å²) < 4.78 is 18.0. The number of aromatic nitrogens is 3. The molecule has 0 bridgehead atoms. The highest BCUT2D eigenvalue weighted by Gasteiger charge is 2.15. The first-order chi connectivity index (χ1) is 16.2. The summed E-state index contributed by atoms with van der Waals surface area (Å²) in [5.74, 6) is 1.24. The van der Waals surface area contributed by atoms with E-state index in [2.05, 4.69) is 15.4 Å². The van der Waals surface area contributed by atoms with Crippen LogP contribution in [0.2, 0.25) is 0 Å². The van der Waals surface area contributed by atoms with Crippen molar-refractivity contribution in [2.45, 2.75) is 6.92 Å². The summed E-state index contributed by atoms with van der Waals surface area (Å²) in [5, 5.41) is 9.31. The monoisotopic (exact) mass is 464 g/mol. The maximum absolute atomic E-state index is 12.3. The number of carbonyl (C=O) groups is 1. The lowest BCUT2D eigenvalue weighted by Gasteiger charge is -2.08. The number of benzene rings is 2. The zero-order valence-corrected chi connectivity index (χ0v) is 19.2. The van der Waals surface area contributed by atoms with Gasteiger partial charge in [0.05, 0.1) is 24.3 Å². The van der Waals surface area contributed by atoms with Crippen molar-refractivity contribution in [1.82, 2.24) is 14.8 Å². The number of nitrogens with zero attached hydrogens (tertiary/aromatic N) is 3. The summed E-state index contributed by atoms with van der Waals surface area (Å²) in [5.41, 5.74) is 2.33.